The third-order valence-corrected chi connectivity index (χ3v) is 9.17. The highest BCUT2D eigenvalue weighted by atomic mass is 17.2. The van der Waals surface area contributed by atoms with Gasteiger partial charge in [0.1, 0.15) is 55.0 Å². The summed E-state index contributed by atoms with van der Waals surface area (Å²) in [5.41, 5.74) is 16.8. The molecule has 3 aromatic rings. The molecule has 0 aliphatic heterocycles. The Bertz CT molecular complexity index is 1680. The van der Waals surface area contributed by atoms with Crippen LogP contribution < -0.4 is 33.2 Å². The number of aryl methyl sites for hydroxylation is 3. The summed E-state index contributed by atoms with van der Waals surface area (Å²) in [6.07, 6.45) is 11.2. The van der Waals surface area contributed by atoms with Gasteiger partial charge in [0, 0.05) is 38.9 Å². The molecule has 0 aromatic carbocycles. The lowest BCUT2D eigenvalue weighted by atomic mass is 10.1. The molecule has 356 valence electrons. The van der Waals surface area contributed by atoms with E-state index in [2.05, 4.69) is 46.9 Å². The molecule has 0 saturated heterocycles. The van der Waals surface area contributed by atoms with E-state index in [1.165, 1.54) is 0 Å². The van der Waals surface area contributed by atoms with E-state index in [1.807, 2.05) is 0 Å². The molecule has 0 spiro atoms. The van der Waals surface area contributed by atoms with E-state index in [1.54, 1.807) is 32.6 Å². The van der Waals surface area contributed by atoms with Crippen LogP contribution in [0.3, 0.4) is 0 Å². The van der Waals surface area contributed by atoms with Crippen LogP contribution in [0.5, 0.6) is 0 Å². The number of nitrogens with zero attached hydrogens (tertiary/aromatic N) is 10. The van der Waals surface area contributed by atoms with Crippen LogP contribution in [0.4, 0.5) is 0 Å². The number of nitrogens with one attached hydrogen (secondary N) is 3. The number of aliphatic hydroxyl groups excluding tert-OH is 3. The van der Waals surface area contributed by atoms with Gasteiger partial charge in [-0.05, 0) is 38.5 Å². The van der Waals surface area contributed by atoms with E-state index < -0.39 is 55.7 Å². The summed E-state index contributed by atoms with van der Waals surface area (Å²) in [6.45, 7) is -0.511. The number of carbonyl (C=O) groups excluding carboxylic acids is 6. The second-order valence-electron chi connectivity index (χ2n) is 14.5. The van der Waals surface area contributed by atoms with Crippen molar-refractivity contribution < 1.29 is 58.6 Å². The van der Waals surface area contributed by atoms with Crippen LogP contribution in [0.15, 0.2) is 18.6 Å². The van der Waals surface area contributed by atoms with Crippen molar-refractivity contribution >= 4 is 35.4 Å². The van der Waals surface area contributed by atoms with E-state index >= 15 is 0 Å². The van der Waals surface area contributed by atoms with Gasteiger partial charge in [-0.15, -0.1) is 15.3 Å². The lowest BCUT2D eigenvalue weighted by Gasteiger charge is -2.18. The van der Waals surface area contributed by atoms with Gasteiger partial charge in [0.15, 0.2) is 0 Å². The zero-order valence-corrected chi connectivity index (χ0v) is 35.5. The third kappa shape index (κ3) is 20.9. The Morgan fingerprint density at radius 3 is 1.03 bits per heavy atom. The summed E-state index contributed by atoms with van der Waals surface area (Å²) < 4.78 is 4.85. The quantitative estimate of drug-likeness (QED) is 0.0198. The Morgan fingerprint density at radius 2 is 0.781 bits per heavy atom. The van der Waals surface area contributed by atoms with Crippen LogP contribution >= 0.6 is 0 Å². The molecule has 0 bridgehead atoms. The summed E-state index contributed by atoms with van der Waals surface area (Å²) in [7, 11) is 0. The third-order valence-electron chi connectivity index (χ3n) is 9.17. The predicted molar refractivity (Wildman–Crippen MR) is 216 cm³/mol. The lowest BCUT2D eigenvalue weighted by Crippen LogP contribution is -2.46. The van der Waals surface area contributed by atoms with Crippen LogP contribution in [0.25, 0.3) is 0 Å². The maximum Gasteiger partial charge on any atom is 0.242 e. The topological polar surface area (TPSA) is 400 Å². The molecule has 3 heterocycles. The molecule has 0 aliphatic rings. The van der Waals surface area contributed by atoms with Gasteiger partial charge in [0.2, 0.25) is 35.4 Å². The Labute approximate surface area is 367 Å². The highest BCUT2D eigenvalue weighted by molar-refractivity contribution is 5.87. The average molecular weight is 909 g/mol. The fraction of sp³-hybridized carbons (Fsp3) is 0.667. The normalized spacial score (nSPS) is 12.8. The van der Waals surface area contributed by atoms with Crippen molar-refractivity contribution in [1.82, 2.24) is 66.3 Å². The van der Waals surface area contributed by atoms with Crippen molar-refractivity contribution in [2.45, 2.75) is 135 Å². The van der Waals surface area contributed by atoms with Crippen LogP contribution in [0.1, 0.15) is 94.1 Å². The number of rotatable bonds is 36. The van der Waals surface area contributed by atoms with Gasteiger partial charge >= 0.3 is 0 Å². The van der Waals surface area contributed by atoms with Crippen LogP contribution in [-0.2, 0) is 82.7 Å². The standard InChI is InChI=1S/C36H60N16O12/c37-34(59)28(19-53)40-31(56)10-4-1-7-13-49-16-25(43-46-49)22-62-52(63-23-26-17-50(47-44-26)14-8-2-5-11-32(57)41-29(20-54)35(38)60)64-24-27-18-51(48-45-27)15-9-3-6-12-33(58)42-30(21-55)36(39)61/h16-18,28-30,53-55H,1-15,19-24H2,(H2,37,59)(H2,38,60)(H2,39,61)(H,40,56)(H,41,57)(H,42,58)/t28-,29-,30-/m0/s1. The van der Waals surface area contributed by atoms with Gasteiger partial charge in [0.25, 0.3) is 0 Å². The molecule has 0 radical (unpaired) electrons. The number of unbranched alkanes of at least 4 members (excludes halogenated alkanes) is 6. The minimum absolute atomic E-state index is 0.103. The number of amides is 6. The second-order valence-corrected chi connectivity index (χ2v) is 14.5. The minimum atomic E-state index is -1.12. The molecule has 0 unspecified atom stereocenters. The minimum Gasteiger partial charge on any atom is -0.394 e. The van der Waals surface area contributed by atoms with Crippen molar-refractivity contribution in [2.24, 2.45) is 17.2 Å². The molecule has 3 aromatic heterocycles. The molecule has 28 nitrogen and oxygen atoms in total. The SMILES string of the molecule is NC(=O)[C@H](CO)NC(=O)CCCCCn1cc(CON(OCc2cn(CCCCCC(=O)N[C@@H](CO)C(N)=O)nn2)OCc2cn(CCCCCC(=O)N[C@@H](CO)C(N)=O)nn2)nn1. The molecule has 3 atom stereocenters. The van der Waals surface area contributed by atoms with Crippen molar-refractivity contribution in [3.63, 3.8) is 0 Å². The predicted octanol–water partition coefficient (Wildman–Crippen LogP) is -3.97. The summed E-state index contributed by atoms with van der Waals surface area (Å²) in [5, 5.41) is 60.1. The summed E-state index contributed by atoms with van der Waals surface area (Å²) in [5.74, 6) is -3.59. The fourth-order valence-corrected chi connectivity index (χ4v) is 5.64. The Hall–Kier alpha value is -6.04. The number of primary amides is 3. The highest BCUT2D eigenvalue weighted by Gasteiger charge is 2.19. The van der Waals surface area contributed by atoms with E-state index in [0.717, 1.165) is 5.39 Å². The van der Waals surface area contributed by atoms with Crippen molar-refractivity contribution in [2.75, 3.05) is 19.8 Å². The summed E-state index contributed by atoms with van der Waals surface area (Å²) in [4.78, 5) is 87.0. The molecule has 0 fully saturated rings. The van der Waals surface area contributed by atoms with Gasteiger partial charge in [0.05, 0.1) is 43.8 Å². The zero-order valence-electron chi connectivity index (χ0n) is 35.5. The zero-order chi connectivity index (χ0) is 46.7. The maximum atomic E-state index is 12.0. The van der Waals surface area contributed by atoms with Crippen molar-refractivity contribution in [3.05, 3.63) is 35.7 Å². The fourth-order valence-electron chi connectivity index (χ4n) is 5.64. The Morgan fingerprint density at radius 1 is 0.500 bits per heavy atom. The molecular weight excluding hydrogens is 848 g/mol. The molecular formula is C36H60N16O12. The van der Waals surface area contributed by atoms with Gasteiger partial charge in [-0.1, -0.05) is 34.9 Å². The second kappa shape index (κ2) is 29.3. The van der Waals surface area contributed by atoms with Gasteiger partial charge in [-0.25, -0.2) is 14.5 Å². The van der Waals surface area contributed by atoms with E-state index in [0.29, 0.717) is 94.5 Å². The van der Waals surface area contributed by atoms with E-state index in [9.17, 15) is 28.8 Å². The number of aromatic nitrogens is 9. The van der Waals surface area contributed by atoms with Crippen LogP contribution in [0.2, 0.25) is 0 Å². The average Bonchev–Trinajstić information content (AvgIpc) is 4.04. The van der Waals surface area contributed by atoms with Crippen LogP contribution in [-0.4, -0.2) is 139 Å². The van der Waals surface area contributed by atoms with E-state index in [-0.39, 0.29) is 56.8 Å². The van der Waals surface area contributed by atoms with Gasteiger partial charge in [-0.3, -0.25) is 42.8 Å². The Kier molecular flexibility index (Phi) is 24.0. The molecule has 3 rings (SSSR count). The van der Waals surface area contributed by atoms with Gasteiger partial charge < -0.3 is 48.5 Å². The molecule has 6 amide bonds. The van der Waals surface area contributed by atoms with Crippen molar-refractivity contribution in [3.8, 4) is 0 Å². The van der Waals surface area contributed by atoms with Crippen LogP contribution in [0, 0.1) is 0 Å². The number of carbonyl (C=O) groups is 6. The maximum absolute atomic E-state index is 12.0. The van der Waals surface area contributed by atoms with E-state index in [4.69, 9.17) is 47.0 Å². The largest absolute Gasteiger partial charge is 0.394 e. The smallest absolute Gasteiger partial charge is 0.242 e. The summed E-state index contributed by atoms with van der Waals surface area (Å²) in [6, 6.07) is -3.36. The first-order chi connectivity index (χ1) is 30.8. The molecule has 0 saturated carbocycles. The number of hydrogen-bond donors (Lipinski definition) is 9. The Balaban J connectivity index is 1.47. The van der Waals surface area contributed by atoms with Gasteiger partial charge in [-0.2, -0.15) is 0 Å². The number of hydrogen-bond acceptors (Lipinski definition) is 19. The molecule has 0 aliphatic carbocycles. The number of aliphatic hydroxyl groups is 3. The number of nitrogens with two attached hydrogens (primary N) is 3. The highest BCUT2D eigenvalue weighted by Crippen LogP contribution is 2.11. The monoisotopic (exact) mass is 908 g/mol. The first kappa shape index (κ1) is 52.3. The molecule has 28 heteroatoms. The molecule has 64 heavy (non-hydrogen) atoms. The first-order valence-electron chi connectivity index (χ1n) is 20.7. The molecule has 12 N–H and O–H groups in total. The lowest BCUT2D eigenvalue weighted by molar-refractivity contribution is -0.539. The summed E-state index contributed by atoms with van der Waals surface area (Å²) >= 11 is 0. The first-order valence-corrected chi connectivity index (χ1v) is 20.7. The van der Waals surface area contributed by atoms with Crippen molar-refractivity contribution in [1.29, 1.82) is 0 Å².